The first kappa shape index (κ1) is 19.9. The third kappa shape index (κ3) is 3.85. The highest BCUT2D eigenvalue weighted by atomic mass is 16.3. The lowest BCUT2D eigenvalue weighted by atomic mass is 10.1. The topological polar surface area (TPSA) is 91.2 Å². The molecule has 160 valence electrons. The molecule has 1 aliphatic rings. The van der Waals surface area contributed by atoms with E-state index in [4.69, 9.17) is 9.97 Å². The van der Waals surface area contributed by atoms with Crippen LogP contribution in [-0.2, 0) is 0 Å². The van der Waals surface area contributed by atoms with Crippen LogP contribution >= 0.6 is 0 Å². The number of nitrogens with one attached hydrogen (secondary N) is 1. The number of phenolic OH excluding ortho intramolecular Hbond substituents is 1. The molecule has 7 nitrogen and oxygen atoms in total. The van der Waals surface area contributed by atoms with Gasteiger partial charge in [0.1, 0.15) is 11.6 Å². The van der Waals surface area contributed by atoms with E-state index in [9.17, 15) is 9.90 Å². The van der Waals surface area contributed by atoms with E-state index >= 15 is 0 Å². The van der Waals surface area contributed by atoms with Gasteiger partial charge in [-0.1, -0.05) is 18.2 Å². The molecule has 2 aromatic heterocycles. The third-order valence-corrected chi connectivity index (χ3v) is 5.72. The van der Waals surface area contributed by atoms with Crippen LogP contribution in [-0.4, -0.2) is 45.1 Å². The Balaban J connectivity index is 1.47. The van der Waals surface area contributed by atoms with E-state index < -0.39 is 0 Å². The molecule has 7 heteroatoms. The zero-order chi connectivity index (χ0) is 22.1. The molecule has 1 unspecified atom stereocenters. The molecule has 1 amide bonds. The summed E-state index contributed by atoms with van der Waals surface area (Å²) in [7, 11) is 0. The van der Waals surface area contributed by atoms with Gasteiger partial charge >= 0.3 is 0 Å². The molecule has 5 rings (SSSR count). The standard InChI is InChI=1S/C25H23N5O2/c1-16-8-9-19-21(13-16)28-23(20-6-2-3-7-22(20)31)29-24(19)30-12-10-18(15-30)27-25(32)17-5-4-11-26-14-17/h2-9,11,13-14,18,31H,10,12,15H2,1H3,(H,27,32). The number of aromatic hydroxyl groups is 1. The summed E-state index contributed by atoms with van der Waals surface area (Å²) in [5.74, 6) is 1.32. The number of aromatic nitrogens is 3. The number of anilines is 1. The molecule has 32 heavy (non-hydrogen) atoms. The predicted octanol–water partition coefficient (Wildman–Crippen LogP) is 3.71. The average molecular weight is 425 g/mol. The number of para-hydroxylation sites is 1. The van der Waals surface area contributed by atoms with Crippen LogP contribution in [0.3, 0.4) is 0 Å². The smallest absolute Gasteiger partial charge is 0.253 e. The molecular formula is C25H23N5O2. The number of hydrogen-bond acceptors (Lipinski definition) is 6. The lowest BCUT2D eigenvalue weighted by molar-refractivity contribution is 0.0940. The fourth-order valence-electron chi connectivity index (χ4n) is 4.08. The van der Waals surface area contributed by atoms with Crippen LogP contribution in [0.5, 0.6) is 5.75 Å². The van der Waals surface area contributed by atoms with Gasteiger partial charge in [-0.15, -0.1) is 0 Å². The first-order chi connectivity index (χ1) is 15.6. The summed E-state index contributed by atoms with van der Waals surface area (Å²) in [6.45, 7) is 3.44. The first-order valence-electron chi connectivity index (χ1n) is 10.6. The molecule has 0 radical (unpaired) electrons. The highest BCUT2D eigenvalue weighted by Crippen LogP contribution is 2.33. The Morgan fingerprint density at radius 2 is 2.00 bits per heavy atom. The Bertz CT molecular complexity index is 1290. The summed E-state index contributed by atoms with van der Waals surface area (Å²) in [6, 6.07) is 16.7. The fourth-order valence-corrected chi connectivity index (χ4v) is 4.08. The van der Waals surface area contributed by atoms with E-state index in [1.807, 2.05) is 37.3 Å². The van der Waals surface area contributed by atoms with Crippen LogP contribution in [0.4, 0.5) is 5.82 Å². The van der Waals surface area contributed by atoms with E-state index in [-0.39, 0.29) is 17.7 Å². The molecule has 2 aromatic carbocycles. The first-order valence-corrected chi connectivity index (χ1v) is 10.6. The summed E-state index contributed by atoms with van der Waals surface area (Å²) in [5, 5.41) is 14.4. The van der Waals surface area contributed by atoms with Crippen molar-refractivity contribution in [3.63, 3.8) is 0 Å². The fraction of sp³-hybridized carbons (Fsp3) is 0.200. The number of pyridine rings is 1. The second kappa shape index (κ2) is 8.26. The van der Waals surface area contributed by atoms with Crippen LogP contribution in [0.15, 0.2) is 67.0 Å². The van der Waals surface area contributed by atoms with Crippen molar-refractivity contribution in [3.8, 4) is 17.1 Å². The van der Waals surface area contributed by atoms with Crippen LogP contribution < -0.4 is 10.2 Å². The zero-order valence-corrected chi connectivity index (χ0v) is 17.7. The highest BCUT2D eigenvalue weighted by Gasteiger charge is 2.27. The number of fused-ring (bicyclic) bond motifs is 1. The van der Waals surface area contributed by atoms with Crippen LogP contribution in [0.25, 0.3) is 22.3 Å². The van der Waals surface area contributed by atoms with Crippen molar-refractivity contribution >= 4 is 22.6 Å². The lowest BCUT2D eigenvalue weighted by Gasteiger charge is -2.21. The van der Waals surface area contributed by atoms with Crippen LogP contribution in [0.1, 0.15) is 22.3 Å². The van der Waals surface area contributed by atoms with Crippen molar-refractivity contribution in [1.29, 1.82) is 0 Å². The third-order valence-electron chi connectivity index (χ3n) is 5.72. The SMILES string of the molecule is Cc1ccc2c(N3CCC(NC(=O)c4cccnc4)C3)nc(-c3ccccc3O)nc2c1. The van der Waals surface area contributed by atoms with Crippen molar-refractivity contribution in [2.75, 3.05) is 18.0 Å². The zero-order valence-electron chi connectivity index (χ0n) is 17.7. The maximum Gasteiger partial charge on any atom is 0.253 e. The van der Waals surface area contributed by atoms with Crippen LogP contribution in [0, 0.1) is 6.92 Å². The maximum atomic E-state index is 12.5. The molecule has 1 atom stereocenters. The minimum absolute atomic E-state index is 0.00625. The highest BCUT2D eigenvalue weighted by molar-refractivity contribution is 5.94. The molecule has 4 aromatic rings. The van der Waals surface area contributed by atoms with Crippen molar-refractivity contribution < 1.29 is 9.90 Å². The van der Waals surface area contributed by atoms with Gasteiger partial charge in [0, 0.05) is 36.9 Å². The molecule has 0 saturated carbocycles. The second-order valence-electron chi connectivity index (χ2n) is 8.06. The molecule has 3 heterocycles. The normalized spacial score (nSPS) is 15.8. The minimum atomic E-state index is -0.122. The van der Waals surface area contributed by atoms with Crippen molar-refractivity contribution in [1.82, 2.24) is 20.3 Å². The number of benzene rings is 2. The number of amides is 1. The van der Waals surface area contributed by atoms with Gasteiger partial charge in [-0.25, -0.2) is 9.97 Å². The summed E-state index contributed by atoms with van der Waals surface area (Å²) in [4.78, 5) is 28.3. The number of rotatable bonds is 4. The Hall–Kier alpha value is -4.00. The number of aryl methyl sites for hydroxylation is 1. The Morgan fingerprint density at radius 1 is 1.12 bits per heavy atom. The molecule has 0 bridgehead atoms. The Morgan fingerprint density at radius 3 is 2.81 bits per heavy atom. The van der Waals surface area contributed by atoms with Crippen molar-refractivity contribution in [2.24, 2.45) is 0 Å². The molecule has 1 saturated heterocycles. The maximum absolute atomic E-state index is 12.5. The van der Waals surface area contributed by atoms with Gasteiger partial charge in [-0.3, -0.25) is 9.78 Å². The predicted molar refractivity (Wildman–Crippen MR) is 124 cm³/mol. The van der Waals surface area contributed by atoms with Gasteiger partial charge in [0.2, 0.25) is 0 Å². The number of nitrogens with zero attached hydrogens (tertiary/aromatic N) is 4. The summed E-state index contributed by atoms with van der Waals surface area (Å²) in [5.41, 5.74) is 3.08. The summed E-state index contributed by atoms with van der Waals surface area (Å²) in [6.07, 6.45) is 4.04. The van der Waals surface area contributed by atoms with Gasteiger partial charge in [-0.05, 0) is 55.3 Å². The summed E-state index contributed by atoms with van der Waals surface area (Å²) >= 11 is 0. The van der Waals surface area contributed by atoms with E-state index in [1.165, 1.54) is 0 Å². The number of carbonyl (C=O) groups excluding carboxylic acids is 1. The van der Waals surface area contributed by atoms with Gasteiger partial charge in [0.25, 0.3) is 5.91 Å². The van der Waals surface area contributed by atoms with Gasteiger partial charge in [-0.2, -0.15) is 0 Å². The second-order valence-corrected chi connectivity index (χ2v) is 8.06. The van der Waals surface area contributed by atoms with E-state index in [0.29, 0.717) is 23.5 Å². The van der Waals surface area contributed by atoms with Gasteiger partial charge in [0.15, 0.2) is 5.82 Å². The Labute approximate surface area is 185 Å². The molecule has 2 N–H and O–H groups in total. The molecule has 0 spiro atoms. The van der Waals surface area contributed by atoms with Crippen molar-refractivity contribution in [3.05, 3.63) is 78.1 Å². The van der Waals surface area contributed by atoms with E-state index in [1.54, 1.807) is 36.7 Å². The number of carbonyl (C=O) groups is 1. The number of phenols is 1. The van der Waals surface area contributed by atoms with Crippen molar-refractivity contribution in [2.45, 2.75) is 19.4 Å². The van der Waals surface area contributed by atoms with Crippen LogP contribution in [0.2, 0.25) is 0 Å². The quantitative estimate of drug-likeness (QED) is 0.518. The Kier molecular flexibility index (Phi) is 5.15. The number of hydrogen-bond donors (Lipinski definition) is 2. The minimum Gasteiger partial charge on any atom is -0.507 e. The molecule has 0 aliphatic carbocycles. The average Bonchev–Trinajstić information content (AvgIpc) is 3.27. The monoisotopic (exact) mass is 425 g/mol. The summed E-state index contributed by atoms with van der Waals surface area (Å²) < 4.78 is 0. The van der Waals surface area contributed by atoms with E-state index in [0.717, 1.165) is 35.2 Å². The molecular weight excluding hydrogens is 402 g/mol. The molecule has 1 aliphatic heterocycles. The van der Waals surface area contributed by atoms with E-state index in [2.05, 4.69) is 15.2 Å². The lowest BCUT2D eigenvalue weighted by Crippen LogP contribution is -2.37. The largest absolute Gasteiger partial charge is 0.507 e. The molecule has 1 fully saturated rings. The van der Waals surface area contributed by atoms with Gasteiger partial charge in [0.05, 0.1) is 16.6 Å². The van der Waals surface area contributed by atoms with Gasteiger partial charge < -0.3 is 15.3 Å².